The van der Waals surface area contributed by atoms with E-state index in [4.69, 9.17) is 9.47 Å². The first kappa shape index (κ1) is 32.8. The number of rotatable bonds is 13. The molecule has 0 heterocycles. The molecule has 0 saturated heterocycles. The number of aromatic hydroxyl groups is 5. The summed E-state index contributed by atoms with van der Waals surface area (Å²) < 4.78 is 12.6. The summed E-state index contributed by atoms with van der Waals surface area (Å²) in [6.45, 7) is 0. The lowest BCUT2D eigenvalue weighted by atomic mass is 10.0. The van der Waals surface area contributed by atoms with Gasteiger partial charge in [0.2, 0.25) is 0 Å². The number of phenols is 5. The summed E-state index contributed by atoms with van der Waals surface area (Å²) in [4.78, 5) is 0. The van der Waals surface area contributed by atoms with Crippen molar-refractivity contribution in [3.05, 3.63) is 161 Å². The molecule has 7 heteroatoms. The standard InChI is InChI=1S/C42H38O7/c43-34-13-7-28(8-14-34)1-4-31-19-37(46)25-39(21-31)48-41-23-33(6-3-30-11-17-36(45)18-12-30)24-42(27-41)49-40-22-32(20-38(47)26-40)5-2-29-9-15-35(44)16-10-29/h7-27,43-47H,1-6H2. The minimum atomic E-state index is 0.0951. The van der Waals surface area contributed by atoms with Gasteiger partial charge in [-0.05, 0) is 145 Å². The molecule has 0 fully saturated rings. The number of aryl methyl sites for hydroxylation is 6. The highest BCUT2D eigenvalue weighted by atomic mass is 16.5. The molecule has 0 aliphatic carbocycles. The van der Waals surface area contributed by atoms with Crippen LogP contribution in [-0.2, 0) is 38.5 Å². The molecule has 6 rings (SSSR count). The first-order valence-corrected chi connectivity index (χ1v) is 16.2. The lowest BCUT2D eigenvalue weighted by Crippen LogP contribution is -1.96. The van der Waals surface area contributed by atoms with Crippen molar-refractivity contribution in [1.29, 1.82) is 0 Å². The summed E-state index contributed by atoms with van der Waals surface area (Å²) in [5.41, 5.74) is 5.99. The quantitative estimate of drug-likeness (QED) is 0.0842. The Bertz CT molecular complexity index is 1880. The summed E-state index contributed by atoms with van der Waals surface area (Å²) in [5.74, 6) is 2.88. The van der Waals surface area contributed by atoms with Gasteiger partial charge in [0.05, 0.1) is 0 Å². The largest absolute Gasteiger partial charge is 0.508 e. The molecule has 49 heavy (non-hydrogen) atoms. The lowest BCUT2D eigenvalue weighted by Gasteiger charge is -2.14. The Hall–Kier alpha value is -6.08. The normalized spacial score (nSPS) is 10.9. The van der Waals surface area contributed by atoms with E-state index in [1.165, 1.54) is 0 Å². The van der Waals surface area contributed by atoms with Crippen LogP contribution in [0.15, 0.2) is 127 Å². The van der Waals surface area contributed by atoms with Gasteiger partial charge in [0.25, 0.3) is 0 Å². The average Bonchev–Trinajstić information content (AvgIpc) is 3.07. The van der Waals surface area contributed by atoms with E-state index >= 15 is 0 Å². The second-order valence-electron chi connectivity index (χ2n) is 12.2. The summed E-state index contributed by atoms with van der Waals surface area (Å²) in [6, 6.07) is 37.4. The molecule has 0 radical (unpaired) electrons. The van der Waals surface area contributed by atoms with E-state index in [2.05, 4.69) is 0 Å². The Morgan fingerprint density at radius 3 is 0.857 bits per heavy atom. The molecule has 0 atom stereocenters. The number of ether oxygens (including phenoxy) is 2. The minimum absolute atomic E-state index is 0.0951. The van der Waals surface area contributed by atoms with Crippen LogP contribution in [0.3, 0.4) is 0 Å². The fourth-order valence-electron chi connectivity index (χ4n) is 5.71. The molecule has 0 unspecified atom stereocenters. The van der Waals surface area contributed by atoms with Crippen molar-refractivity contribution in [2.75, 3.05) is 0 Å². The monoisotopic (exact) mass is 654 g/mol. The second-order valence-corrected chi connectivity index (χ2v) is 12.2. The van der Waals surface area contributed by atoms with E-state index in [1.54, 1.807) is 66.7 Å². The average molecular weight is 655 g/mol. The summed E-state index contributed by atoms with van der Waals surface area (Å²) in [7, 11) is 0. The Morgan fingerprint density at radius 1 is 0.265 bits per heavy atom. The maximum absolute atomic E-state index is 10.5. The first-order valence-electron chi connectivity index (χ1n) is 16.2. The maximum Gasteiger partial charge on any atom is 0.131 e. The molecule has 0 amide bonds. The van der Waals surface area contributed by atoms with E-state index < -0.39 is 0 Å². The number of hydrogen-bond acceptors (Lipinski definition) is 7. The van der Waals surface area contributed by atoms with Gasteiger partial charge >= 0.3 is 0 Å². The highest BCUT2D eigenvalue weighted by Crippen LogP contribution is 2.34. The van der Waals surface area contributed by atoms with Crippen molar-refractivity contribution in [2.45, 2.75) is 38.5 Å². The molecule has 7 nitrogen and oxygen atoms in total. The minimum Gasteiger partial charge on any atom is -0.508 e. The fourth-order valence-corrected chi connectivity index (χ4v) is 5.71. The number of benzene rings is 6. The molecule has 248 valence electrons. The van der Waals surface area contributed by atoms with Crippen LogP contribution in [-0.4, -0.2) is 25.5 Å². The van der Waals surface area contributed by atoms with E-state index in [-0.39, 0.29) is 28.7 Å². The number of hydrogen-bond donors (Lipinski definition) is 5. The Kier molecular flexibility index (Phi) is 10.2. The van der Waals surface area contributed by atoms with Crippen LogP contribution in [0.4, 0.5) is 0 Å². The van der Waals surface area contributed by atoms with E-state index in [9.17, 15) is 25.5 Å². The van der Waals surface area contributed by atoms with Gasteiger partial charge in [0.15, 0.2) is 0 Å². The van der Waals surface area contributed by atoms with Crippen molar-refractivity contribution in [1.82, 2.24) is 0 Å². The van der Waals surface area contributed by atoms with E-state index in [1.807, 2.05) is 60.7 Å². The van der Waals surface area contributed by atoms with Crippen LogP contribution >= 0.6 is 0 Å². The molecule has 6 aromatic rings. The summed E-state index contributed by atoms with van der Waals surface area (Å²) in [5, 5.41) is 49.9. The topological polar surface area (TPSA) is 120 Å². The van der Waals surface area contributed by atoms with E-state index in [0.29, 0.717) is 42.3 Å². The van der Waals surface area contributed by atoms with Gasteiger partial charge in [-0.25, -0.2) is 0 Å². The van der Waals surface area contributed by atoms with Crippen molar-refractivity contribution in [3.63, 3.8) is 0 Å². The molecule has 0 aliphatic heterocycles. The Balaban J connectivity index is 1.22. The Labute approximate surface area is 285 Å². The third-order valence-corrected chi connectivity index (χ3v) is 8.23. The molecular weight excluding hydrogens is 616 g/mol. The van der Waals surface area contributed by atoms with Crippen LogP contribution in [0.25, 0.3) is 0 Å². The molecule has 0 spiro atoms. The van der Waals surface area contributed by atoms with Gasteiger partial charge in [-0.2, -0.15) is 0 Å². The third kappa shape index (κ3) is 9.72. The van der Waals surface area contributed by atoms with Crippen molar-refractivity contribution in [3.8, 4) is 51.7 Å². The third-order valence-electron chi connectivity index (χ3n) is 8.23. The van der Waals surface area contributed by atoms with E-state index in [0.717, 1.165) is 52.6 Å². The maximum atomic E-state index is 10.5. The number of phenolic OH excluding ortho intramolecular Hbond substituents is 5. The lowest BCUT2D eigenvalue weighted by molar-refractivity contribution is 0.442. The zero-order valence-corrected chi connectivity index (χ0v) is 26.9. The van der Waals surface area contributed by atoms with Crippen LogP contribution in [0, 0.1) is 0 Å². The van der Waals surface area contributed by atoms with Crippen molar-refractivity contribution >= 4 is 0 Å². The predicted molar refractivity (Wildman–Crippen MR) is 189 cm³/mol. The molecule has 0 bridgehead atoms. The van der Waals surface area contributed by atoms with Gasteiger partial charge in [0, 0.05) is 18.2 Å². The first-order chi connectivity index (χ1) is 23.7. The molecule has 5 N–H and O–H groups in total. The zero-order valence-electron chi connectivity index (χ0n) is 26.9. The molecule has 0 aromatic heterocycles. The smallest absolute Gasteiger partial charge is 0.131 e. The van der Waals surface area contributed by atoms with Crippen LogP contribution in [0.1, 0.15) is 33.4 Å². The summed E-state index contributed by atoms with van der Waals surface area (Å²) in [6.07, 6.45) is 4.20. The summed E-state index contributed by atoms with van der Waals surface area (Å²) >= 11 is 0. The molecule has 6 aromatic carbocycles. The zero-order chi connectivity index (χ0) is 34.2. The van der Waals surface area contributed by atoms with Crippen LogP contribution in [0.2, 0.25) is 0 Å². The molecular formula is C42H38O7. The Morgan fingerprint density at radius 2 is 0.531 bits per heavy atom. The van der Waals surface area contributed by atoms with Crippen molar-refractivity contribution in [2.24, 2.45) is 0 Å². The van der Waals surface area contributed by atoms with Gasteiger partial charge in [-0.1, -0.05) is 36.4 Å². The molecule has 0 saturated carbocycles. The van der Waals surface area contributed by atoms with Gasteiger partial charge in [0.1, 0.15) is 51.7 Å². The van der Waals surface area contributed by atoms with Gasteiger partial charge < -0.3 is 35.0 Å². The fraction of sp³-hybridized carbons (Fsp3) is 0.143. The van der Waals surface area contributed by atoms with Crippen LogP contribution in [0.5, 0.6) is 51.7 Å². The SMILES string of the molecule is Oc1ccc(CCc2cc(O)cc(Oc3cc(CCc4ccc(O)cc4)cc(Oc4cc(O)cc(CCc5ccc(O)cc5)c4)c3)c2)cc1. The van der Waals surface area contributed by atoms with Crippen molar-refractivity contribution < 1.29 is 35.0 Å². The highest BCUT2D eigenvalue weighted by molar-refractivity contribution is 5.47. The predicted octanol–water partition coefficient (Wildman–Crippen LogP) is 9.15. The second kappa shape index (κ2) is 15.2. The van der Waals surface area contributed by atoms with Gasteiger partial charge in [-0.3, -0.25) is 0 Å². The highest BCUT2D eigenvalue weighted by Gasteiger charge is 2.11. The molecule has 0 aliphatic rings. The van der Waals surface area contributed by atoms with Gasteiger partial charge in [-0.15, -0.1) is 0 Å². The van der Waals surface area contributed by atoms with Crippen LogP contribution < -0.4 is 9.47 Å².